The molecule has 5 rings (SSSR count). The summed E-state index contributed by atoms with van der Waals surface area (Å²) in [4.78, 5) is 17.7. The lowest BCUT2D eigenvalue weighted by molar-refractivity contribution is 0.0588. The molecule has 1 aromatic heterocycles. The van der Waals surface area contributed by atoms with Gasteiger partial charge in [-0.2, -0.15) is 5.10 Å². The van der Waals surface area contributed by atoms with E-state index >= 15 is 0 Å². The van der Waals surface area contributed by atoms with E-state index in [-0.39, 0.29) is 23.5 Å². The van der Waals surface area contributed by atoms with Crippen molar-refractivity contribution in [1.82, 2.24) is 19.6 Å². The van der Waals surface area contributed by atoms with E-state index in [2.05, 4.69) is 4.90 Å². The number of sulfone groups is 1. The van der Waals surface area contributed by atoms with E-state index in [1.54, 1.807) is 4.68 Å². The Kier molecular flexibility index (Phi) is 5.80. The normalized spacial score (nSPS) is 20.8. The zero-order valence-corrected chi connectivity index (χ0v) is 19.5. The van der Waals surface area contributed by atoms with E-state index in [0.29, 0.717) is 43.9 Å². The Morgan fingerprint density at radius 2 is 1.67 bits per heavy atom. The Hall–Kier alpha value is -2.97. The third kappa shape index (κ3) is 4.45. The predicted octanol–water partition coefficient (Wildman–Crippen LogP) is 2.79. The maximum atomic E-state index is 13.6. The summed E-state index contributed by atoms with van der Waals surface area (Å²) in [6.45, 7) is 4.58. The van der Waals surface area contributed by atoms with E-state index in [9.17, 15) is 13.2 Å². The summed E-state index contributed by atoms with van der Waals surface area (Å²) in [5, 5.41) is 4.81. The van der Waals surface area contributed by atoms with Crippen molar-refractivity contribution in [3.8, 4) is 16.9 Å². The van der Waals surface area contributed by atoms with Crippen molar-refractivity contribution < 1.29 is 13.2 Å². The summed E-state index contributed by atoms with van der Waals surface area (Å²) in [5.41, 5.74) is 4.19. The van der Waals surface area contributed by atoms with Crippen molar-refractivity contribution in [3.05, 3.63) is 71.9 Å². The fourth-order valence-corrected chi connectivity index (χ4v) is 6.57. The topological polar surface area (TPSA) is 75.5 Å². The Labute approximate surface area is 194 Å². The Bertz CT molecular complexity index is 1260. The number of carbonyl (C=O) groups excluding carboxylic acids is 1. The first-order chi connectivity index (χ1) is 15.9. The van der Waals surface area contributed by atoms with Gasteiger partial charge in [0, 0.05) is 44.0 Å². The van der Waals surface area contributed by atoms with Gasteiger partial charge < -0.3 is 4.90 Å². The lowest BCUT2D eigenvalue weighted by atomic mass is 10.0. The van der Waals surface area contributed by atoms with Crippen LogP contribution < -0.4 is 0 Å². The van der Waals surface area contributed by atoms with Crippen LogP contribution in [0.3, 0.4) is 0 Å². The largest absolute Gasteiger partial charge is 0.336 e. The van der Waals surface area contributed by atoms with Crippen LogP contribution in [0, 0.1) is 6.92 Å². The second-order valence-electron chi connectivity index (χ2n) is 8.87. The molecule has 0 radical (unpaired) electrons. The number of benzene rings is 2. The fourth-order valence-electron chi connectivity index (χ4n) is 4.80. The maximum Gasteiger partial charge on any atom is 0.257 e. The highest BCUT2D eigenvalue weighted by molar-refractivity contribution is 7.91. The van der Waals surface area contributed by atoms with Crippen LogP contribution in [-0.2, 0) is 9.84 Å². The highest BCUT2D eigenvalue weighted by Gasteiger charge is 2.35. The molecule has 1 atom stereocenters. The highest BCUT2D eigenvalue weighted by atomic mass is 32.2. The van der Waals surface area contributed by atoms with Gasteiger partial charge >= 0.3 is 0 Å². The first-order valence-corrected chi connectivity index (χ1v) is 13.2. The zero-order valence-electron chi connectivity index (χ0n) is 18.7. The number of carbonyl (C=O) groups is 1. The molecule has 0 spiro atoms. The highest BCUT2D eigenvalue weighted by Crippen LogP contribution is 2.28. The van der Waals surface area contributed by atoms with Crippen LogP contribution in [-0.4, -0.2) is 77.6 Å². The average molecular weight is 465 g/mol. The van der Waals surface area contributed by atoms with Crippen LogP contribution in [0.15, 0.2) is 60.8 Å². The molecule has 172 valence electrons. The summed E-state index contributed by atoms with van der Waals surface area (Å²) >= 11 is 0. The molecule has 0 aliphatic carbocycles. The number of amides is 1. The number of rotatable bonds is 4. The lowest BCUT2D eigenvalue weighted by Gasteiger charge is -2.37. The number of hydrogen-bond acceptors (Lipinski definition) is 5. The van der Waals surface area contributed by atoms with Crippen LogP contribution in [0.1, 0.15) is 22.3 Å². The minimum atomic E-state index is -2.91. The van der Waals surface area contributed by atoms with Crippen LogP contribution in [0.4, 0.5) is 0 Å². The monoisotopic (exact) mass is 464 g/mol. The van der Waals surface area contributed by atoms with Crippen molar-refractivity contribution in [3.63, 3.8) is 0 Å². The Balaban J connectivity index is 1.41. The van der Waals surface area contributed by atoms with Gasteiger partial charge in [0.1, 0.15) is 5.69 Å². The number of para-hydroxylation sites is 1. The molecule has 2 saturated heterocycles. The molecular weight excluding hydrogens is 436 g/mol. The van der Waals surface area contributed by atoms with Gasteiger partial charge in [-0.3, -0.25) is 9.69 Å². The Morgan fingerprint density at radius 3 is 2.33 bits per heavy atom. The molecule has 2 aliphatic heterocycles. The molecule has 0 N–H and O–H groups in total. The van der Waals surface area contributed by atoms with Gasteiger partial charge in [0.25, 0.3) is 5.91 Å². The van der Waals surface area contributed by atoms with E-state index in [1.807, 2.05) is 72.6 Å². The SMILES string of the molecule is Cc1ccccc1-c1nn(-c2ccccc2)cc1C(=O)N1CCN([C@H]2CCS(=O)(=O)C2)CC1. The number of aromatic nitrogens is 2. The molecule has 33 heavy (non-hydrogen) atoms. The van der Waals surface area contributed by atoms with Crippen molar-refractivity contribution >= 4 is 15.7 Å². The number of hydrogen-bond donors (Lipinski definition) is 0. The summed E-state index contributed by atoms with van der Waals surface area (Å²) in [7, 11) is -2.91. The molecule has 3 heterocycles. The van der Waals surface area contributed by atoms with E-state index in [4.69, 9.17) is 5.10 Å². The van der Waals surface area contributed by atoms with Gasteiger partial charge in [-0.05, 0) is 31.0 Å². The molecule has 7 nitrogen and oxygen atoms in total. The van der Waals surface area contributed by atoms with Gasteiger partial charge in [-0.15, -0.1) is 0 Å². The molecule has 0 unspecified atom stereocenters. The smallest absolute Gasteiger partial charge is 0.257 e. The van der Waals surface area contributed by atoms with Gasteiger partial charge in [-0.1, -0.05) is 42.5 Å². The molecule has 3 aromatic rings. The lowest BCUT2D eigenvalue weighted by Crippen LogP contribution is -2.52. The molecule has 1 amide bonds. The molecule has 2 fully saturated rings. The average Bonchev–Trinajstić information content (AvgIpc) is 3.43. The van der Waals surface area contributed by atoms with E-state index < -0.39 is 9.84 Å². The van der Waals surface area contributed by atoms with Gasteiger partial charge in [0.15, 0.2) is 9.84 Å². The molecule has 0 saturated carbocycles. The molecule has 8 heteroatoms. The standard InChI is InChI=1S/C25H28N4O3S/c1-19-7-5-6-10-22(19)24-23(17-29(26-24)20-8-3-2-4-9-20)25(30)28-14-12-27(13-15-28)21-11-16-33(31,32)18-21/h2-10,17,21H,11-16,18H2,1H3/t21-/m0/s1. The first-order valence-electron chi connectivity index (χ1n) is 11.4. The van der Waals surface area contributed by atoms with Gasteiger partial charge in [-0.25, -0.2) is 13.1 Å². The van der Waals surface area contributed by atoms with Crippen LogP contribution in [0.2, 0.25) is 0 Å². The summed E-state index contributed by atoms with van der Waals surface area (Å²) in [6.07, 6.45) is 2.52. The maximum absolute atomic E-state index is 13.6. The predicted molar refractivity (Wildman–Crippen MR) is 128 cm³/mol. The van der Waals surface area contributed by atoms with Crippen LogP contribution >= 0.6 is 0 Å². The van der Waals surface area contributed by atoms with E-state index in [1.165, 1.54) is 0 Å². The molecule has 0 bridgehead atoms. The van der Waals surface area contributed by atoms with Crippen molar-refractivity contribution in [1.29, 1.82) is 0 Å². The molecule has 2 aliphatic rings. The fraction of sp³-hybridized carbons (Fsp3) is 0.360. The minimum Gasteiger partial charge on any atom is -0.336 e. The number of aryl methyl sites for hydroxylation is 1. The van der Waals surface area contributed by atoms with E-state index in [0.717, 1.165) is 16.8 Å². The van der Waals surface area contributed by atoms with Crippen LogP contribution in [0.5, 0.6) is 0 Å². The number of nitrogens with zero attached hydrogens (tertiary/aromatic N) is 4. The zero-order chi connectivity index (χ0) is 23.0. The van der Waals surface area contributed by atoms with Gasteiger partial charge in [0.05, 0.1) is 22.8 Å². The summed E-state index contributed by atoms with van der Waals surface area (Å²) in [6, 6.07) is 17.9. The third-order valence-corrected chi connectivity index (χ3v) is 8.44. The summed E-state index contributed by atoms with van der Waals surface area (Å²) < 4.78 is 25.5. The van der Waals surface area contributed by atoms with Crippen molar-refractivity contribution in [2.75, 3.05) is 37.7 Å². The second kappa shape index (κ2) is 8.76. The van der Waals surface area contributed by atoms with Gasteiger partial charge in [0.2, 0.25) is 0 Å². The minimum absolute atomic E-state index is 0.0332. The quantitative estimate of drug-likeness (QED) is 0.594. The number of piperazine rings is 1. The summed E-state index contributed by atoms with van der Waals surface area (Å²) in [5.74, 6) is 0.478. The van der Waals surface area contributed by atoms with Crippen LogP contribution in [0.25, 0.3) is 16.9 Å². The first kappa shape index (κ1) is 21.9. The van der Waals surface area contributed by atoms with Crippen molar-refractivity contribution in [2.45, 2.75) is 19.4 Å². The van der Waals surface area contributed by atoms with Crippen molar-refractivity contribution in [2.24, 2.45) is 0 Å². The third-order valence-electron chi connectivity index (χ3n) is 6.69. The second-order valence-corrected chi connectivity index (χ2v) is 11.1. The Morgan fingerprint density at radius 1 is 0.970 bits per heavy atom. The molecular formula is C25H28N4O3S. The molecule has 2 aromatic carbocycles.